The molecule has 2 aliphatic rings. The third-order valence-electron chi connectivity index (χ3n) is 6.43. The van der Waals surface area contributed by atoms with E-state index in [1.54, 1.807) is 47.4 Å². The molecule has 0 bridgehead atoms. The molecule has 0 unspecified atom stereocenters. The zero-order chi connectivity index (χ0) is 26.6. The number of imide groups is 1. The van der Waals surface area contributed by atoms with Crippen molar-refractivity contribution in [3.63, 3.8) is 0 Å². The highest BCUT2D eigenvalue weighted by Gasteiger charge is 2.37. The third kappa shape index (κ3) is 5.63. The number of rotatable bonds is 7. The number of amides is 3. The minimum Gasteiger partial charge on any atom is -0.489 e. The van der Waals surface area contributed by atoms with E-state index in [-0.39, 0.29) is 29.5 Å². The zero-order valence-electron chi connectivity index (χ0n) is 20.3. The number of aromatic carboxylic acids is 1. The molecule has 0 radical (unpaired) electrons. The molecule has 38 heavy (non-hydrogen) atoms. The fourth-order valence-corrected chi connectivity index (χ4v) is 5.14. The molecule has 3 aromatic carbocycles. The highest BCUT2D eigenvalue weighted by atomic mass is 32.2. The molecular weight excluding hydrogens is 504 g/mol. The molecule has 1 N–H and O–H groups in total. The van der Waals surface area contributed by atoms with Gasteiger partial charge in [-0.1, -0.05) is 48.5 Å². The van der Waals surface area contributed by atoms with Gasteiger partial charge >= 0.3 is 5.97 Å². The summed E-state index contributed by atoms with van der Waals surface area (Å²) in [5.41, 5.74) is 4.06. The van der Waals surface area contributed by atoms with Crippen molar-refractivity contribution in [2.45, 2.75) is 19.6 Å². The van der Waals surface area contributed by atoms with Gasteiger partial charge in [0.25, 0.3) is 11.1 Å². The normalized spacial score (nSPS) is 16.1. The highest BCUT2D eigenvalue weighted by Crippen LogP contribution is 2.32. The minimum atomic E-state index is -0.981. The van der Waals surface area contributed by atoms with Gasteiger partial charge in [0.05, 0.1) is 10.5 Å². The molecule has 5 rings (SSSR count). The number of ether oxygens (including phenoxy) is 1. The van der Waals surface area contributed by atoms with Gasteiger partial charge in [-0.05, 0) is 70.8 Å². The summed E-state index contributed by atoms with van der Waals surface area (Å²) in [6.45, 7) is 1.03. The van der Waals surface area contributed by atoms with Crippen LogP contribution < -0.4 is 4.74 Å². The molecule has 192 valence electrons. The highest BCUT2D eigenvalue weighted by molar-refractivity contribution is 8.18. The quantitative estimate of drug-likeness (QED) is 0.448. The Hall–Kier alpha value is -4.37. The Morgan fingerprint density at radius 1 is 0.947 bits per heavy atom. The van der Waals surface area contributed by atoms with Gasteiger partial charge in [-0.3, -0.25) is 19.3 Å². The number of thioether (sulfide) groups is 1. The van der Waals surface area contributed by atoms with Gasteiger partial charge in [0.2, 0.25) is 5.91 Å². The van der Waals surface area contributed by atoms with Crippen LogP contribution >= 0.6 is 11.8 Å². The van der Waals surface area contributed by atoms with E-state index in [1.807, 2.05) is 18.2 Å². The van der Waals surface area contributed by atoms with Crippen LogP contribution in [0.1, 0.15) is 32.6 Å². The number of carboxylic acid groups (broad SMARTS) is 1. The monoisotopic (exact) mass is 528 g/mol. The van der Waals surface area contributed by atoms with E-state index in [0.29, 0.717) is 24.4 Å². The molecule has 2 aliphatic heterocycles. The van der Waals surface area contributed by atoms with E-state index in [2.05, 4.69) is 6.07 Å². The van der Waals surface area contributed by atoms with Crippen molar-refractivity contribution in [3.8, 4) is 5.75 Å². The Bertz CT molecular complexity index is 1430. The second-order valence-electron chi connectivity index (χ2n) is 8.96. The van der Waals surface area contributed by atoms with Gasteiger partial charge in [0, 0.05) is 13.1 Å². The van der Waals surface area contributed by atoms with Crippen molar-refractivity contribution in [1.82, 2.24) is 9.80 Å². The lowest BCUT2D eigenvalue weighted by molar-refractivity contribution is -0.136. The SMILES string of the molecule is O=C(O)c1ccc(COc2ccc(/C=C3\SC(=O)N(CC(=O)N4CCc5ccccc5C4)C3=O)cc2)cc1. The molecule has 1 fully saturated rings. The maximum Gasteiger partial charge on any atom is 0.335 e. The van der Waals surface area contributed by atoms with Crippen LogP contribution in [0.5, 0.6) is 5.75 Å². The maximum absolute atomic E-state index is 12.9. The Morgan fingerprint density at radius 2 is 1.66 bits per heavy atom. The Kier molecular flexibility index (Phi) is 7.28. The summed E-state index contributed by atoms with van der Waals surface area (Å²) >= 11 is 0.823. The summed E-state index contributed by atoms with van der Waals surface area (Å²) in [5.74, 6) is -1.10. The molecule has 0 aromatic heterocycles. The van der Waals surface area contributed by atoms with E-state index in [0.717, 1.165) is 34.2 Å². The van der Waals surface area contributed by atoms with Crippen LogP contribution in [0.25, 0.3) is 6.08 Å². The second kappa shape index (κ2) is 10.9. The summed E-state index contributed by atoms with van der Waals surface area (Å²) in [6.07, 6.45) is 2.38. The number of carbonyl (C=O) groups is 4. The smallest absolute Gasteiger partial charge is 0.335 e. The zero-order valence-corrected chi connectivity index (χ0v) is 21.1. The predicted molar refractivity (Wildman–Crippen MR) is 142 cm³/mol. The molecule has 1 saturated heterocycles. The molecule has 0 saturated carbocycles. The number of hydrogen-bond donors (Lipinski definition) is 1. The number of nitrogens with zero attached hydrogens (tertiary/aromatic N) is 2. The van der Waals surface area contributed by atoms with Crippen molar-refractivity contribution >= 4 is 40.9 Å². The van der Waals surface area contributed by atoms with Crippen molar-refractivity contribution in [1.29, 1.82) is 0 Å². The van der Waals surface area contributed by atoms with Crippen molar-refractivity contribution in [3.05, 3.63) is 106 Å². The van der Waals surface area contributed by atoms with Gasteiger partial charge in [-0.25, -0.2) is 4.79 Å². The van der Waals surface area contributed by atoms with Crippen LogP contribution in [0.4, 0.5) is 4.79 Å². The molecule has 3 aromatic rings. The molecule has 0 spiro atoms. The van der Waals surface area contributed by atoms with Gasteiger partial charge in [0.15, 0.2) is 0 Å². The van der Waals surface area contributed by atoms with Gasteiger partial charge < -0.3 is 14.7 Å². The van der Waals surface area contributed by atoms with Crippen LogP contribution in [0.2, 0.25) is 0 Å². The fourth-order valence-electron chi connectivity index (χ4n) is 4.30. The average molecular weight is 529 g/mol. The minimum absolute atomic E-state index is 0.212. The topological polar surface area (TPSA) is 104 Å². The summed E-state index contributed by atoms with van der Waals surface area (Å²) in [5, 5.41) is 8.52. The molecule has 2 heterocycles. The first-order valence-corrected chi connectivity index (χ1v) is 12.8. The predicted octanol–water partition coefficient (Wildman–Crippen LogP) is 4.59. The number of carbonyl (C=O) groups excluding carboxylic acids is 3. The van der Waals surface area contributed by atoms with Gasteiger partial charge in [-0.2, -0.15) is 0 Å². The van der Waals surface area contributed by atoms with E-state index < -0.39 is 17.1 Å². The lowest BCUT2D eigenvalue weighted by Crippen LogP contribution is -2.44. The lowest BCUT2D eigenvalue weighted by Gasteiger charge is -2.29. The second-order valence-corrected chi connectivity index (χ2v) is 9.95. The molecular formula is C29H24N2O6S. The first-order valence-electron chi connectivity index (χ1n) is 12.0. The summed E-state index contributed by atoms with van der Waals surface area (Å²) in [6, 6.07) is 21.4. The standard InChI is InChI=1S/C29H24N2O6S/c32-26(30-14-13-21-3-1-2-4-23(21)16-30)17-31-27(33)25(38-29(31)36)15-19-7-11-24(12-8-19)37-18-20-5-9-22(10-6-20)28(34)35/h1-12,15H,13-14,16-18H2,(H,34,35)/b25-15-. The van der Waals surface area contributed by atoms with Crippen LogP contribution in [-0.4, -0.2) is 51.0 Å². The molecule has 0 aliphatic carbocycles. The van der Waals surface area contributed by atoms with Crippen LogP contribution in [0.15, 0.2) is 77.7 Å². The Balaban J connectivity index is 1.17. The number of benzene rings is 3. The first-order chi connectivity index (χ1) is 18.4. The van der Waals surface area contributed by atoms with E-state index in [1.165, 1.54) is 17.7 Å². The number of hydrogen-bond acceptors (Lipinski definition) is 6. The number of fused-ring (bicyclic) bond motifs is 1. The molecule has 3 amide bonds. The lowest BCUT2D eigenvalue weighted by atomic mass is 10.00. The van der Waals surface area contributed by atoms with Crippen molar-refractivity contribution in [2.75, 3.05) is 13.1 Å². The van der Waals surface area contributed by atoms with Crippen molar-refractivity contribution < 1.29 is 29.0 Å². The van der Waals surface area contributed by atoms with E-state index in [4.69, 9.17) is 9.84 Å². The summed E-state index contributed by atoms with van der Waals surface area (Å²) < 4.78 is 5.75. The largest absolute Gasteiger partial charge is 0.489 e. The van der Waals surface area contributed by atoms with Gasteiger partial charge in [-0.15, -0.1) is 0 Å². The van der Waals surface area contributed by atoms with Gasteiger partial charge in [0.1, 0.15) is 18.9 Å². The molecule has 9 heteroatoms. The Morgan fingerprint density at radius 3 is 2.37 bits per heavy atom. The van der Waals surface area contributed by atoms with Crippen LogP contribution in [0.3, 0.4) is 0 Å². The third-order valence-corrected chi connectivity index (χ3v) is 7.34. The average Bonchev–Trinajstić information content (AvgIpc) is 3.19. The van der Waals surface area contributed by atoms with E-state index in [9.17, 15) is 19.2 Å². The summed E-state index contributed by atoms with van der Waals surface area (Å²) in [4.78, 5) is 52.2. The van der Waals surface area contributed by atoms with E-state index >= 15 is 0 Å². The fraction of sp³-hybridized carbons (Fsp3) is 0.172. The van der Waals surface area contributed by atoms with Crippen LogP contribution in [0, 0.1) is 0 Å². The maximum atomic E-state index is 12.9. The summed E-state index contributed by atoms with van der Waals surface area (Å²) in [7, 11) is 0. The molecule has 0 atom stereocenters. The molecule has 8 nitrogen and oxygen atoms in total. The van der Waals surface area contributed by atoms with Crippen LogP contribution in [-0.2, 0) is 29.2 Å². The van der Waals surface area contributed by atoms with Crippen molar-refractivity contribution in [2.24, 2.45) is 0 Å². The number of carboxylic acids is 1. The Labute approximate surface area is 223 Å². The first kappa shape index (κ1) is 25.3.